The summed E-state index contributed by atoms with van der Waals surface area (Å²) in [5.74, 6) is 1.24. The Balaban J connectivity index is 2.05. The molecule has 0 spiro atoms. The zero-order valence-corrected chi connectivity index (χ0v) is 14.3. The molecule has 0 aliphatic carbocycles. The third-order valence-electron chi connectivity index (χ3n) is 4.29. The van der Waals surface area contributed by atoms with Crippen molar-refractivity contribution in [2.24, 2.45) is 0 Å². The second-order valence-electron chi connectivity index (χ2n) is 6.28. The molecule has 4 nitrogen and oxygen atoms in total. The van der Waals surface area contributed by atoms with Crippen molar-refractivity contribution in [2.75, 3.05) is 14.2 Å². The molecule has 124 valence electrons. The molecule has 0 atom stereocenters. The number of ether oxygens (including phenoxy) is 2. The summed E-state index contributed by atoms with van der Waals surface area (Å²) < 4.78 is 10.6. The van der Waals surface area contributed by atoms with Gasteiger partial charge < -0.3 is 14.8 Å². The van der Waals surface area contributed by atoms with Crippen LogP contribution in [0.2, 0.25) is 0 Å². The lowest BCUT2D eigenvalue weighted by Crippen LogP contribution is -2.28. The number of para-hydroxylation sites is 1. The van der Waals surface area contributed by atoms with E-state index in [-0.39, 0.29) is 11.3 Å². The van der Waals surface area contributed by atoms with Crippen molar-refractivity contribution < 1.29 is 14.3 Å². The minimum atomic E-state index is -0.242. The number of allylic oxidation sites excluding steroid dienone is 1. The molecule has 0 bridgehead atoms. The maximum atomic E-state index is 12.7. The van der Waals surface area contributed by atoms with Crippen molar-refractivity contribution in [3.8, 4) is 11.5 Å². The average molecular weight is 323 g/mol. The summed E-state index contributed by atoms with van der Waals surface area (Å²) in [7, 11) is 3.20. The number of nitrogens with one attached hydrogen (secondary N) is 1. The van der Waals surface area contributed by atoms with Gasteiger partial charge in [0.15, 0.2) is 5.78 Å². The third kappa shape index (κ3) is 2.75. The van der Waals surface area contributed by atoms with Gasteiger partial charge >= 0.3 is 0 Å². The topological polar surface area (TPSA) is 47.6 Å². The Morgan fingerprint density at radius 3 is 2.54 bits per heavy atom. The minimum absolute atomic E-state index is 0.0959. The molecule has 0 saturated heterocycles. The first-order valence-corrected chi connectivity index (χ1v) is 7.82. The maximum Gasteiger partial charge on any atom is 0.191 e. The standard InChI is InChI=1S/C20H21NO3/c1-20(2)16-10-9-13(23-3)11-15(16)17(21-20)12-18(22)14-7-5-6-8-19(14)24-4/h5-12,21H,1-4H3/b17-12-. The smallest absolute Gasteiger partial charge is 0.191 e. The fraction of sp³-hybridized carbons (Fsp3) is 0.250. The molecule has 2 aromatic carbocycles. The van der Waals surface area contributed by atoms with Crippen LogP contribution in [0.15, 0.2) is 48.5 Å². The molecule has 0 aromatic heterocycles. The molecule has 1 N–H and O–H groups in total. The van der Waals surface area contributed by atoms with E-state index < -0.39 is 0 Å². The van der Waals surface area contributed by atoms with Gasteiger partial charge in [0.25, 0.3) is 0 Å². The number of carbonyl (C=O) groups excluding carboxylic acids is 1. The Bertz CT molecular complexity index is 821. The van der Waals surface area contributed by atoms with Crippen molar-refractivity contribution in [1.29, 1.82) is 0 Å². The Labute approximate surface area is 142 Å². The molecule has 0 saturated carbocycles. The van der Waals surface area contributed by atoms with Crippen LogP contribution in [-0.2, 0) is 5.54 Å². The molecule has 24 heavy (non-hydrogen) atoms. The highest BCUT2D eigenvalue weighted by Crippen LogP contribution is 2.38. The van der Waals surface area contributed by atoms with Gasteiger partial charge in [-0.2, -0.15) is 0 Å². The summed E-state index contributed by atoms with van der Waals surface area (Å²) in [4.78, 5) is 12.7. The van der Waals surface area contributed by atoms with Crippen molar-refractivity contribution in [3.05, 3.63) is 65.2 Å². The molecule has 0 unspecified atom stereocenters. The van der Waals surface area contributed by atoms with E-state index in [1.54, 1.807) is 32.4 Å². The molecule has 0 radical (unpaired) electrons. The summed E-state index contributed by atoms with van der Waals surface area (Å²) in [5.41, 5.74) is 3.23. The van der Waals surface area contributed by atoms with Crippen molar-refractivity contribution in [2.45, 2.75) is 19.4 Å². The second-order valence-corrected chi connectivity index (χ2v) is 6.28. The zero-order chi connectivity index (χ0) is 17.3. The Kier molecular flexibility index (Phi) is 4.06. The van der Waals surface area contributed by atoms with Gasteiger partial charge in [-0.3, -0.25) is 4.79 Å². The van der Waals surface area contributed by atoms with Crippen LogP contribution in [0, 0.1) is 0 Å². The van der Waals surface area contributed by atoms with Crippen LogP contribution in [0.3, 0.4) is 0 Å². The van der Waals surface area contributed by atoms with Crippen molar-refractivity contribution in [1.82, 2.24) is 5.32 Å². The number of methoxy groups -OCH3 is 2. The monoisotopic (exact) mass is 323 g/mol. The number of carbonyl (C=O) groups is 1. The molecule has 0 fully saturated rings. The van der Waals surface area contributed by atoms with E-state index in [2.05, 4.69) is 19.2 Å². The van der Waals surface area contributed by atoms with Crippen LogP contribution >= 0.6 is 0 Å². The van der Waals surface area contributed by atoms with E-state index in [0.717, 1.165) is 22.6 Å². The molecule has 1 aliphatic heterocycles. The van der Waals surface area contributed by atoms with Gasteiger partial charge in [-0.15, -0.1) is 0 Å². The zero-order valence-electron chi connectivity index (χ0n) is 14.3. The number of ketones is 1. The van der Waals surface area contributed by atoms with E-state index in [1.165, 1.54) is 0 Å². The number of fused-ring (bicyclic) bond motifs is 1. The summed E-state index contributed by atoms with van der Waals surface area (Å²) in [5, 5.41) is 3.43. The largest absolute Gasteiger partial charge is 0.497 e. The van der Waals surface area contributed by atoms with Gasteiger partial charge in [0.2, 0.25) is 0 Å². The highest BCUT2D eigenvalue weighted by Gasteiger charge is 2.33. The predicted molar refractivity (Wildman–Crippen MR) is 94.5 cm³/mol. The van der Waals surface area contributed by atoms with Crippen LogP contribution < -0.4 is 14.8 Å². The van der Waals surface area contributed by atoms with E-state index in [9.17, 15) is 4.79 Å². The van der Waals surface area contributed by atoms with Gasteiger partial charge in [0, 0.05) is 17.3 Å². The first-order valence-electron chi connectivity index (χ1n) is 7.82. The lowest BCUT2D eigenvalue weighted by Gasteiger charge is -2.20. The fourth-order valence-electron chi connectivity index (χ4n) is 3.06. The quantitative estimate of drug-likeness (QED) is 0.687. The van der Waals surface area contributed by atoms with Crippen LogP contribution in [0.25, 0.3) is 5.70 Å². The lowest BCUT2D eigenvalue weighted by molar-refractivity contribution is 0.104. The highest BCUT2D eigenvalue weighted by atomic mass is 16.5. The van der Waals surface area contributed by atoms with Gasteiger partial charge in [-0.05, 0) is 43.7 Å². The Morgan fingerprint density at radius 2 is 1.83 bits per heavy atom. The SMILES string of the molecule is COc1ccc2c(c1)/C(=C/C(=O)c1ccccc1OC)NC2(C)C. The molecule has 0 amide bonds. The average Bonchev–Trinajstić information content (AvgIpc) is 2.84. The van der Waals surface area contributed by atoms with Crippen LogP contribution in [-0.4, -0.2) is 20.0 Å². The molecule has 1 heterocycles. The van der Waals surface area contributed by atoms with Gasteiger partial charge in [0.1, 0.15) is 11.5 Å². The third-order valence-corrected chi connectivity index (χ3v) is 4.29. The molecule has 3 rings (SSSR count). The summed E-state index contributed by atoms with van der Waals surface area (Å²) in [6.07, 6.45) is 1.63. The number of benzene rings is 2. The Hall–Kier alpha value is -2.75. The Morgan fingerprint density at radius 1 is 1.08 bits per heavy atom. The minimum Gasteiger partial charge on any atom is -0.497 e. The first kappa shape index (κ1) is 16.1. The molecule has 4 heteroatoms. The van der Waals surface area contributed by atoms with E-state index in [0.29, 0.717) is 11.3 Å². The number of hydrogen-bond donors (Lipinski definition) is 1. The highest BCUT2D eigenvalue weighted by molar-refractivity contribution is 6.10. The van der Waals surface area contributed by atoms with Crippen molar-refractivity contribution in [3.63, 3.8) is 0 Å². The van der Waals surface area contributed by atoms with E-state index in [4.69, 9.17) is 9.47 Å². The summed E-state index contributed by atoms with van der Waals surface area (Å²) >= 11 is 0. The molecule has 2 aromatic rings. The van der Waals surface area contributed by atoms with Crippen molar-refractivity contribution >= 4 is 11.5 Å². The second kappa shape index (κ2) is 6.04. The van der Waals surface area contributed by atoms with Gasteiger partial charge in [-0.1, -0.05) is 18.2 Å². The van der Waals surface area contributed by atoms with Gasteiger partial charge in [0.05, 0.1) is 25.3 Å². The summed E-state index contributed by atoms with van der Waals surface area (Å²) in [6.45, 7) is 4.18. The van der Waals surface area contributed by atoms with E-state index >= 15 is 0 Å². The first-order chi connectivity index (χ1) is 11.5. The van der Waals surface area contributed by atoms with Crippen LogP contribution in [0.4, 0.5) is 0 Å². The van der Waals surface area contributed by atoms with Crippen LogP contribution in [0.5, 0.6) is 11.5 Å². The number of rotatable bonds is 4. The number of hydrogen-bond acceptors (Lipinski definition) is 4. The molecule has 1 aliphatic rings. The molecular weight excluding hydrogens is 302 g/mol. The maximum absolute atomic E-state index is 12.7. The van der Waals surface area contributed by atoms with Gasteiger partial charge in [-0.25, -0.2) is 0 Å². The van der Waals surface area contributed by atoms with E-state index in [1.807, 2.05) is 30.3 Å². The summed E-state index contributed by atoms with van der Waals surface area (Å²) in [6, 6.07) is 13.2. The normalized spacial score (nSPS) is 16.4. The predicted octanol–water partition coefficient (Wildman–Crippen LogP) is 3.77. The fourth-order valence-corrected chi connectivity index (χ4v) is 3.06. The molecular formula is C20H21NO3. The van der Waals surface area contributed by atoms with Crippen LogP contribution in [0.1, 0.15) is 35.3 Å². The lowest BCUT2D eigenvalue weighted by atomic mass is 9.94.